The number of carboxylic acids is 1. The van der Waals surface area contributed by atoms with Crippen molar-refractivity contribution in [3.8, 4) is 12.1 Å². The van der Waals surface area contributed by atoms with Crippen LogP contribution in [-0.4, -0.2) is 22.6 Å². The number of carbonyl (C=O) groups is 2. The molecular formula is C13H18N2O4. The van der Waals surface area contributed by atoms with Crippen LogP contribution in [-0.2, 0) is 14.3 Å². The fourth-order valence-corrected chi connectivity index (χ4v) is 1.54. The molecule has 6 nitrogen and oxygen atoms in total. The maximum atomic E-state index is 12.1. The fraction of sp³-hybridized carbons (Fsp3) is 0.692. The van der Waals surface area contributed by atoms with Crippen molar-refractivity contribution in [2.24, 2.45) is 5.41 Å². The Balaban J connectivity index is 5.32. The number of rotatable bonds is 6. The number of nitriles is 2. The van der Waals surface area contributed by atoms with Gasteiger partial charge in [-0.25, -0.2) is 0 Å². The predicted octanol–water partition coefficient (Wildman–Crippen LogP) is 2.01. The number of aliphatic carboxylic acids is 1. The van der Waals surface area contributed by atoms with Crippen molar-refractivity contribution in [3.05, 3.63) is 0 Å². The molecule has 19 heavy (non-hydrogen) atoms. The molecule has 0 atom stereocenters. The minimum atomic E-state index is -1.82. The lowest BCUT2D eigenvalue weighted by Gasteiger charge is -2.30. The van der Waals surface area contributed by atoms with Gasteiger partial charge >= 0.3 is 11.9 Å². The van der Waals surface area contributed by atoms with E-state index in [4.69, 9.17) is 15.3 Å². The average Bonchev–Trinajstić information content (AvgIpc) is 2.26. The Kier molecular flexibility index (Phi) is 6.01. The second kappa shape index (κ2) is 6.75. The smallest absolute Gasteiger partial charge is 0.324 e. The van der Waals surface area contributed by atoms with E-state index >= 15 is 0 Å². The number of hydrogen-bond acceptors (Lipinski definition) is 5. The third-order valence-electron chi connectivity index (χ3n) is 2.53. The summed E-state index contributed by atoms with van der Waals surface area (Å²) in [6.45, 7) is 4.89. The Bertz CT molecular complexity index is 405. The molecule has 0 aromatic rings. The minimum Gasteiger partial charge on any atom is -0.480 e. The SMILES string of the molecule is CC(C)(C)OC(=O)C(CCC#N)(CCC#N)C(=O)O. The monoisotopic (exact) mass is 266 g/mol. The Morgan fingerprint density at radius 1 is 1.11 bits per heavy atom. The molecule has 0 saturated carbocycles. The van der Waals surface area contributed by atoms with Gasteiger partial charge in [0.25, 0.3) is 0 Å². The van der Waals surface area contributed by atoms with Crippen LogP contribution in [0.3, 0.4) is 0 Å². The van der Waals surface area contributed by atoms with Gasteiger partial charge in [0.05, 0.1) is 12.1 Å². The zero-order valence-corrected chi connectivity index (χ0v) is 11.4. The topological polar surface area (TPSA) is 111 Å². The van der Waals surface area contributed by atoms with Crippen LogP contribution >= 0.6 is 0 Å². The number of hydrogen-bond donors (Lipinski definition) is 1. The van der Waals surface area contributed by atoms with Crippen molar-refractivity contribution in [1.29, 1.82) is 10.5 Å². The van der Waals surface area contributed by atoms with Crippen LogP contribution < -0.4 is 0 Å². The first-order chi connectivity index (χ1) is 8.69. The summed E-state index contributed by atoms with van der Waals surface area (Å²) in [7, 11) is 0. The van der Waals surface area contributed by atoms with E-state index in [9.17, 15) is 14.7 Å². The van der Waals surface area contributed by atoms with Crippen LogP contribution in [0.2, 0.25) is 0 Å². The van der Waals surface area contributed by atoms with Gasteiger partial charge in [-0.05, 0) is 33.6 Å². The van der Waals surface area contributed by atoms with E-state index in [0.29, 0.717) is 0 Å². The average molecular weight is 266 g/mol. The molecule has 0 aliphatic carbocycles. The maximum Gasteiger partial charge on any atom is 0.324 e. The van der Waals surface area contributed by atoms with Crippen LogP contribution in [0.5, 0.6) is 0 Å². The third-order valence-corrected chi connectivity index (χ3v) is 2.53. The summed E-state index contributed by atoms with van der Waals surface area (Å²) in [5.74, 6) is -2.25. The van der Waals surface area contributed by atoms with Gasteiger partial charge in [0.15, 0.2) is 5.41 Å². The molecule has 104 valence electrons. The van der Waals surface area contributed by atoms with Gasteiger partial charge in [0.1, 0.15) is 5.60 Å². The van der Waals surface area contributed by atoms with Crippen molar-refractivity contribution < 1.29 is 19.4 Å². The van der Waals surface area contributed by atoms with Gasteiger partial charge in [0.2, 0.25) is 0 Å². The summed E-state index contributed by atoms with van der Waals surface area (Å²) < 4.78 is 5.12. The summed E-state index contributed by atoms with van der Waals surface area (Å²) in [6.07, 6.45) is -0.487. The Morgan fingerprint density at radius 3 is 1.79 bits per heavy atom. The molecule has 1 N–H and O–H groups in total. The van der Waals surface area contributed by atoms with Crippen LogP contribution in [0.4, 0.5) is 0 Å². The van der Waals surface area contributed by atoms with Gasteiger partial charge < -0.3 is 9.84 Å². The first-order valence-corrected chi connectivity index (χ1v) is 5.90. The van der Waals surface area contributed by atoms with E-state index in [1.807, 2.05) is 12.1 Å². The van der Waals surface area contributed by atoms with Crippen molar-refractivity contribution in [1.82, 2.24) is 0 Å². The molecule has 0 heterocycles. The molecule has 0 amide bonds. The lowest BCUT2D eigenvalue weighted by Crippen LogP contribution is -2.43. The van der Waals surface area contributed by atoms with E-state index in [1.165, 1.54) is 0 Å². The largest absolute Gasteiger partial charge is 0.480 e. The molecule has 0 aromatic carbocycles. The highest BCUT2D eigenvalue weighted by Crippen LogP contribution is 2.33. The highest BCUT2D eigenvalue weighted by molar-refractivity contribution is 5.99. The molecule has 0 aliphatic rings. The maximum absolute atomic E-state index is 12.1. The van der Waals surface area contributed by atoms with Gasteiger partial charge in [-0.2, -0.15) is 10.5 Å². The molecule has 0 saturated heterocycles. The molecule has 0 radical (unpaired) electrons. The highest BCUT2D eigenvalue weighted by Gasteiger charge is 2.48. The Morgan fingerprint density at radius 2 is 1.53 bits per heavy atom. The van der Waals surface area contributed by atoms with Crippen LogP contribution in [0.1, 0.15) is 46.5 Å². The third kappa shape index (κ3) is 4.97. The number of ether oxygens (including phenoxy) is 1. The molecule has 0 spiro atoms. The molecule has 0 aromatic heterocycles. The first kappa shape index (κ1) is 16.9. The van der Waals surface area contributed by atoms with Gasteiger partial charge in [0, 0.05) is 12.8 Å². The second-order valence-corrected chi connectivity index (χ2v) is 5.21. The minimum absolute atomic E-state index is 0.0863. The van der Waals surface area contributed by atoms with Crippen molar-refractivity contribution in [2.75, 3.05) is 0 Å². The van der Waals surface area contributed by atoms with Crippen LogP contribution in [0, 0.1) is 28.1 Å². The van der Waals surface area contributed by atoms with E-state index < -0.39 is 23.0 Å². The summed E-state index contributed by atoms with van der Waals surface area (Å²) in [5.41, 5.74) is -2.64. The second-order valence-electron chi connectivity index (χ2n) is 5.21. The van der Waals surface area contributed by atoms with Crippen LogP contribution in [0.15, 0.2) is 0 Å². The lowest BCUT2D eigenvalue weighted by atomic mass is 9.79. The molecule has 0 bridgehead atoms. The van der Waals surface area contributed by atoms with Crippen LogP contribution in [0.25, 0.3) is 0 Å². The highest BCUT2D eigenvalue weighted by atomic mass is 16.6. The first-order valence-electron chi connectivity index (χ1n) is 5.90. The number of nitrogens with zero attached hydrogens (tertiary/aromatic N) is 2. The summed E-state index contributed by atoms with van der Waals surface area (Å²) >= 11 is 0. The summed E-state index contributed by atoms with van der Waals surface area (Å²) in [6, 6.07) is 3.64. The standard InChI is InChI=1S/C13H18N2O4/c1-12(2,3)19-11(18)13(10(16)17,6-4-8-14)7-5-9-15/h4-7H2,1-3H3,(H,16,17). The predicted molar refractivity (Wildman–Crippen MR) is 65.6 cm³/mol. The molecule has 0 unspecified atom stereocenters. The van der Waals surface area contributed by atoms with E-state index in [0.717, 1.165) is 0 Å². The molecule has 0 rings (SSSR count). The normalized spacial score (nSPS) is 11.2. The van der Waals surface area contributed by atoms with Crippen molar-refractivity contribution in [3.63, 3.8) is 0 Å². The zero-order valence-electron chi connectivity index (χ0n) is 11.4. The summed E-state index contributed by atoms with van der Waals surface area (Å²) in [4.78, 5) is 23.6. The van der Waals surface area contributed by atoms with Crippen molar-refractivity contribution >= 4 is 11.9 Å². The van der Waals surface area contributed by atoms with E-state index in [1.54, 1.807) is 20.8 Å². The van der Waals surface area contributed by atoms with E-state index in [2.05, 4.69) is 0 Å². The zero-order chi connectivity index (χ0) is 15.1. The van der Waals surface area contributed by atoms with Gasteiger partial charge in [-0.1, -0.05) is 0 Å². The fourth-order valence-electron chi connectivity index (χ4n) is 1.54. The number of carbonyl (C=O) groups excluding carboxylic acids is 1. The summed E-state index contributed by atoms with van der Waals surface area (Å²) in [5, 5.41) is 26.5. The Hall–Kier alpha value is -2.08. The molecule has 0 fully saturated rings. The van der Waals surface area contributed by atoms with Gasteiger partial charge in [-0.15, -0.1) is 0 Å². The lowest BCUT2D eigenvalue weighted by molar-refractivity contribution is -0.178. The molecule has 6 heteroatoms. The Labute approximate surface area is 112 Å². The quantitative estimate of drug-likeness (QED) is 0.581. The number of esters is 1. The molecule has 0 aliphatic heterocycles. The number of carboxylic acid groups (broad SMARTS) is 1. The van der Waals surface area contributed by atoms with Gasteiger partial charge in [-0.3, -0.25) is 9.59 Å². The van der Waals surface area contributed by atoms with Crippen molar-refractivity contribution in [2.45, 2.75) is 52.1 Å². The van der Waals surface area contributed by atoms with E-state index in [-0.39, 0.29) is 25.7 Å². The molecular weight excluding hydrogens is 248 g/mol.